The number of benzene rings is 4. The van der Waals surface area contributed by atoms with Crippen molar-refractivity contribution >= 4 is 53.8 Å². The topological polar surface area (TPSA) is 108 Å². The Labute approximate surface area is 310 Å². The first-order valence-electron chi connectivity index (χ1n) is 16.4. The summed E-state index contributed by atoms with van der Waals surface area (Å²) >= 11 is 6.81. The third-order valence-electron chi connectivity index (χ3n) is 8.64. The fourth-order valence-corrected chi connectivity index (χ4v) is 8.09. The SMILES string of the molecule is COC(=O)CCC/C=C\C[C@@H]1[C@@H](NS(=O)(=O)c2ccc(Br)c(Br)c2)[C@H](OC(=O)c2ccccc2)C[C@@H]1OCc1ccc(-c2ccccc2)cc1. The summed E-state index contributed by atoms with van der Waals surface area (Å²) in [4.78, 5) is 24.9. The number of rotatable bonds is 15. The van der Waals surface area contributed by atoms with Crippen molar-refractivity contribution in [1.82, 2.24) is 4.72 Å². The molecule has 262 valence electrons. The second-order valence-corrected chi connectivity index (χ2v) is 15.4. The van der Waals surface area contributed by atoms with E-state index in [0.717, 1.165) is 16.7 Å². The van der Waals surface area contributed by atoms with E-state index in [0.29, 0.717) is 46.6 Å². The first-order valence-corrected chi connectivity index (χ1v) is 19.4. The van der Waals surface area contributed by atoms with E-state index in [9.17, 15) is 18.0 Å². The van der Waals surface area contributed by atoms with Gasteiger partial charge >= 0.3 is 11.9 Å². The number of nitrogens with one attached hydrogen (secondary N) is 1. The van der Waals surface area contributed by atoms with Gasteiger partial charge < -0.3 is 14.2 Å². The van der Waals surface area contributed by atoms with E-state index in [-0.39, 0.29) is 23.4 Å². The normalized spacial score (nSPS) is 19.0. The lowest BCUT2D eigenvalue weighted by Crippen LogP contribution is -2.46. The number of allylic oxidation sites excluding steroid dienone is 2. The molecule has 50 heavy (non-hydrogen) atoms. The summed E-state index contributed by atoms with van der Waals surface area (Å²) in [7, 11) is -2.68. The van der Waals surface area contributed by atoms with Crippen LogP contribution < -0.4 is 4.72 Å². The lowest BCUT2D eigenvalue weighted by atomic mass is 9.97. The second-order valence-electron chi connectivity index (χ2n) is 12.0. The number of halogens is 2. The number of carbonyl (C=O) groups excluding carboxylic acids is 2. The Kier molecular flexibility index (Phi) is 13.6. The Hall–Kier alpha value is -3.61. The van der Waals surface area contributed by atoms with Crippen molar-refractivity contribution in [2.24, 2.45) is 5.92 Å². The van der Waals surface area contributed by atoms with Crippen molar-refractivity contribution in [2.75, 3.05) is 7.11 Å². The maximum absolute atomic E-state index is 13.9. The summed E-state index contributed by atoms with van der Waals surface area (Å²) in [5.74, 6) is -1.19. The van der Waals surface area contributed by atoms with Crippen molar-refractivity contribution in [3.05, 3.63) is 135 Å². The molecule has 11 heteroatoms. The average Bonchev–Trinajstić information content (AvgIpc) is 3.44. The van der Waals surface area contributed by atoms with Gasteiger partial charge in [-0.3, -0.25) is 4.79 Å². The predicted molar refractivity (Wildman–Crippen MR) is 200 cm³/mol. The van der Waals surface area contributed by atoms with Gasteiger partial charge in [-0.2, -0.15) is 0 Å². The maximum Gasteiger partial charge on any atom is 0.338 e. The van der Waals surface area contributed by atoms with E-state index in [2.05, 4.69) is 60.8 Å². The average molecular weight is 826 g/mol. The van der Waals surface area contributed by atoms with Crippen LogP contribution in [0.4, 0.5) is 0 Å². The van der Waals surface area contributed by atoms with Crippen LogP contribution in [-0.2, 0) is 35.6 Å². The van der Waals surface area contributed by atoms with Crippen molar-refractivity contribution in [2.45, 2.75) is 61.9 Å². The molecule has 4 aromatic rings. The minimum absolute atomic E-state index is 0.0701. The Morgan fingerprint density at radius 2 is 1.52 bits per heavy atom. The number of unbranched alkanes of at least 4 members (excludes halogenated alkanes) is 1. The Morgan fingerprint density at radius 1 is 0.840 bits per heavy atom. The number of esters is 2. The Bertz CT molecular complexity index is 1870. The van der Waals surface area contributed by atoms with Crippen LogP contribution in [0.2, 0.25) is 0 Å². The molecule has 5 rings (SSSR count). The molecule has 0 heterocycles. The van der Waals surface area contributed by atoms with Crippen LogP contribution in [0, 0.1) is 5.92 Å². The van der Waals surface area contributed by atoms with Gasteiger partial charge in [0.15, 0.2) is 0 Å². The first-order chi connectivity index (χ1) is 24.1. The van der Waals surface area contributed by atoms with Gasteiger partial charge in [0.25, 0.3) is 0 Å². The van der Waals surface area contributed by atoms with Gasteiger partial charge in [-0.05, 0) is 98.1 Å². The van der Waals surface area contributed by atoms with Crippen LogP contribution in [0.3, 0.4) is 0 Å². The van der Waals surface area contributed by atoms with Crippen LogP contribution in [0.5, 0.6) is 0 Å². The highest BCUT2D eigenvalue weighted by molar-refractivity contribution is 9.13. The summed E-state index contributed by atoms with van der Waals surface area (Å²) in [5.41, 5.74) is 3.54. The van der Waals surface area contributed by atoms with E-state index < -0.39 is 34.2 Å². The van der Waals surface area contributed by atoms with Gasteiger partial charge in [0.1, 0.15) is 6.10 Å². The molecule has 0 saturated heterocycles. The van der Waals surface area contributed by atoms with Crippen LogP contribution >= 0.6 is 31.9 Å². The lowest BCUT2D eigenvalue weighted by Gasteiger charge is -2.27. The molecule has 1 saturated carbocycles. The summed E-state index contributed by atoms with van der Waals surface area (Å²) in [6.07, 6.45) is 5.03. The van der Waals surface area contributed by atoms with E-state index in [1.807, 2.05) is 48.6 Å². The van der Waals surface area contributed by atoms with Crippen LogP contribution in [0.15, 0.2) is 129 Å². The highest BCUT2D eigenvalue weighted by atomic mass is 79.9. The highest BCUT2D eigenvalue weighted by Gasteiger charge is 2.47. The van der Waals surface area contributed by atoms with Crippen molar-refractivity contribution in [3.8, 4) is 11.1 Å². The van der Waals surface area contributed by atoms with E-state index >= 15 is 0 Å². The molecule has 0 bridgehead atoms. The van der Waals surface area contributed by atoms with Crippen molar-refractivity contribution in [3.63, 3.8) is 0 Å². The number of carbonyl (C=O) groups is 2. The summed E-state index contributed by atoms with van der Waals surface area (Å²) in [5, 5.41) is 0. The molecule has 0 aliphatic heterocycles. The zero-order valence-corrected chi connectivity index (χ0v) is 31.5. The first kappa shape index (κ1) is 37.6. The quantitative estimate of drug-likeness (QED) is 0.0727. The smallest absolute Gasteiger partial charge is 0.338 e. The molecule has 8 nitrogen and oxygen atoms in total. The molecule has 4 atom stereocenters. The second kappa shape index (κ2) is 18.1. The molecule has 0 unspecified atom stereocenters. The molecule has 0 amide bonds. The Morgan fingerprint density at radius 3 is 2.20 bits per heavy atom. The van der Waals surface area contributed by atoms with Gasteiger partial charge in [-0.1, -0.05) is 84.9 Å². The van der Waals surface area contributed by atoms with Crippen LogP contribution in [0.25, 0.3) is 11.1 Å². The number of methoxy groups -OCH3 is 1. The fourth-order valence-electron chi connectivity index (χ4n) is 5.97. The number of ether oxygens (including phenoxy) is 3. The molecular formula is C39H39Br2NO7S. The van der Waals surface area contributed by atoms with E-state index in [1.54, 1.807) is 30.3 Å². The third kappa shape index (κ3) is 10.2. The molecule has 4 aromatic carbocycles. The maximum atomic E-state index is 13.9. The summed E-state index contributed by atoms with van der Waals surface area (Å²) in [6, 6.07) is 30.8. The molecule has 0 spiro atoms. The summed E-state index contributed by atoms with van der Waals surface area (Å²) in [6.45, 7) is 0.289. The molecule has 1 N–H and O–H groups in total. The van der Waals surface area contributed by atoms with Gasteiger partial charge in [-0.15, -0.1) is 0 Å². The highest BCUT2D eigenvalue weighted by Crippen LogP contribution is 2.37. The summed E-state index contributed by atoms with van der Waals surface area (Å²) < 4.78 is 49.2. The lowest BCUT2D eigenvalue weighted by molar-refractivity contribution is -0.140. The molecule has 0 radical (unpaired) electrons. The number of hydrogen-bond acceptors (Lipinski definition) is 7. The van der Waals surface area contributed by atoms with Crippen molar-refractivity contribution < 1.29 is 32.2 Å². The van der Waals surface area contributed by atoms with Gasteiger partial charge in [0, 0.05) is 27.7 Å². The van der Waals surface area contributed by atoms with E-state index in [1.165, 1.54) is 19.2 Å². The van der Waals surface area contributed by atoms with Gasteiger partial charge in [0.05, 0.1) is 36.3 Å². The largest absolute Gasteiger partial charge is 0.469 e. The monoisotopic (exact) mass is 823 g/mol. The minimum atomic E-state index is -4.05. The van der Waals surface area contributed by atoms with Crippen LogP contribution in [-0.4, -0.2) is 45.7 Å². The van der Waals surface area contributed by atoms with Crippen molar-refractivity contribution in [1.29, 1.82) is 0 Å². The molecule has 0 aromatic heterocycles. The zero-order valence-electron chi connectivity index (χ0n) is 27.5. The third-order valence-corrected chi connectivity index (χ3v) is 12.0. The molecule has 1 aliphatic rings. The number of hydrogen-bond donors (Lipinski definition) is 1. The minimum Gasteiger partial charge on any atom is -0.469 e. The zero-order chi connectivity index (χ0) is 35.5. The molecule has 1 aliphatic carbocycles. The predicted octanol–water partition coefficient (Wildman–Crippen LogP) is 8.65. The molecular weight excluding hydrogens is 786 g/mol. The van der Waals surface area contributed by atoms with Crippen LogP contribution in [0.1, 0.15) is 48.0 Å². The standard InChI is InChI=1S/C39H39Br2NO7S/c1-47-37(43)17-11-3-2-10-16-32-35(48-26-27-18-20-29(21-19-27)28-12-6-4-7-13-28)25-36(49-39(44)30-14-8-5-9-15-30)38(32)42-50(45,46)31-22-23-33(40)34(41)24-31/h2,4-10,12-15,18-24,32,35-36,38,42H,3,11,16-17,25-26H2,1H3/b10-2-/t32-,35-,36+,38+/m0/s1. The van der Waals surface area contributed by atoms with Gasteiger partial charge in [0.2, 0.25) is 10.0 Å². The van der Waals surface area contributed by atoms with E-state index in [4.69, 9.17) is 14.2 Å². The fraction of sp³-hybridized carbons (Fsp3) is 0.282. The van der Waals surface area contributed by atoms with Gasteiger partial charge in [-0.25, -0.2) is 17.9 Å². The molecule has 1 fully saturated rings. The Balaban J connectivity index is 1.40. The number of sulfonamides is 1.